The van der Waals surface area contributed by atoms with Gasteiger partial charge in [0.15, 0.2) is 5.60 Å². The summed E-state index contributed by atoms with van der Waals surface area (Å²) in [5.41, 5.74) is -0.927. The molecular formula is C10H16O4. The van der Waals surface area contributed by atoms with E-state index in [1.807, 2.05) is 13.8 Å². The van der Waals surface area contributed by atoms with Crippen LogP contribution in [0.15, 0.2) is 0 Å². The maximum Gasteiger partial charge on any atom is 0.341 e. The lowest BCUT2D eigenvalue weighted by molar-refractivity contribution is -0.226. The van der Waals surface area contributed by atoms with Gasteiger partial charge >= 0.3 is 5.97 Å². The van der Waals surface area contributed by atoms with Crippen molar-refractivity contribution in [3.63, 3.8) is 0 Å². The first-order valence-corrected chi connectivity index (χ1v) is 4.99. The van der Waals surface area contributed by atoms with Gasteiger partial charge in [0.05, 0.1) is 12.7 Å². The predicted molar refractivity (Wildman–Crippen MR) is 48.9 cm³/mol. The summed E-state index contributed by atoms with van der Waals surface area (Å²) in [4.78, 5) is 11.2. The highest BCUT2D eigenvalue weighted by Crippen LogP contribution is 2.37. The minimum Gasteiger partial charge on any atom is -0.460 e. The number of carbonyl (C=O) groups is 1. The van der Waals surface area contributed by atoms with Crippen LogP contribution in [-0.2, 0) is 19.0 Å². The molecule has 0 aliphatic carbocycles. The molecule has 2 saturated heterocycles. The Morgan fingerprint density at radius 3 is 2.43 bits per heavy atom. The van der Waals surface area contributed by atoms with Gasteiger partial charge in [-0.1, -0.05) is 6.92 Å². The molecule has 0 bridgehead atoms. The highest BCUT2D eigenvalue weighted by Gasteiger charge is 2.54. The second-order valence-corrected chi connectivity index (χ2v) is 4.42. The standard InChI is InChI=1S/C10H16O4/c1-4-7(9(2)6-13-9)14-10(3)5-12-8(10)11/h7H,4-6H2,1-3H3. The maximum atomic E-state index is 11.2. The quantitative estimate of drug-likeness (QED) is 0.499. The van der Waals surface area contributed by atoms with E-state index < -0.39 is 5.60 Å². The third-order valence-corrected chi connectivity index (χ3v) is 2.96. The van der Waals surface area contributed by atoms with Crippen molar-refractivity contribution in [3.8, 4) is 0 Å². The van der Waals surface area contributed by atoms with Crippen LogP contribution < -0.4 is 0 Å². The second-order valence-electron chi connectivity index (χ2n) is 4.42. The van der Waals surface area contributed by atoms with Gasteiger partial charge in [0.1, 0.15) is 12.2 Å². The highest BCUT2D eigenvalue weighted by molar-refractivity contribution is 5.84. The number of carbonyl (C=O) groups excluding carboxylic acids is 1. The summed E-state index contributed by atoms with van der Waals surface area (Å²) in [6.45, 7) is 6.89. The summed E-state index contributed by atoms with van der Waals surface area (Å²) in [6, 6.07) is 0. The van der Waals surface area contributed by atoms with Gasteiger partial charge in [-0.15, -0.1) is 0 Å². The minimum absolute atomic E-state index is 0.0136. The number of ether oxygens (including phenoxy) is 3. The van der Waals surface area contributed by atoms with E-state index in [0.29, 0.717) is 6.61 Å². The lowest BCUT2D eigenvalue weighted by atomic mass is 9.99. The molecule has 4 heteroatoms. The van der Waals surface area contributed by atoms with Crippen LogP contribution in [0.3, 0.4) is 0 Å². The lowest BCUT2D eigenvalue weighted by Gasteiger charge is -2.39. The van der Waals surface area contributed by atoms with Crippen LogP contribution in [0.5, 0.6) is 0 Å². The number of rotatable bonds is 4. The topological polar surface area (TPSA) is 48.1 Å². The summed E-state index contributed by atoms with van der Waals surface area (Å²) in [7, 11) is 0. The van der Waals surface area contributed by atoms with Crippen molar-refractivity contribution in [2.75, 3.05) is 13.2 Å². The van der Waals surface area contributed by atoms with E-state index in [0.717, 1.165) is 13.0 Å². The largest absolute Gasteiger partial charge is 0.460 e. The zero-order valence-electron chi connectivity index (χ0n) is 8.83. The molecule has 0 radical (unpaired) electrons. The van der Waals surface area contributed by atoms with Crippen molar-refractivity contribution in [1.29, 1.82) is 0 Å². The van der Waals surface area contributed by atoms with Crippen molar-refractivity contribution in [1.82, 2.24) is 0 Å². The number of esters is 1. The third-order valence-electron chi connectivity index (χ3n) is 2.96. The average molecular weight is 200 g/mol. The van der Waals surface area contributed by atoms with Gasteiger partial charge in [0.25, 0.3) is 0 Å². The fourth-order valence-electron chi connectivity index (χ4n) is 1.67. The molecule has 14 heavy (non-hydrogen) atoms. The van der Waals surface area contributed by atoms with Gasteiger partial charge in [-0.25, -0.2) is 4.79 Å². The van der Waals surface area contributed by atoms with Gasteiger partial charge in [-0.2, -0.15) is 0 Å². The molecule has 2 rings (SSSR count). The van der Waals surface area contributed by atoms with E-state index in [2.05, 4.69) is 0 Å². The molecule has 0 N–H and O–H groups in total. The van der Waals surface area contributed by atoms with Crippen LogP contribution >= 0.6 is 0 Å². The van der Waals surface area contributed by atoms with Crippen molar-refractivity contribution in [2.45, 2.75) is 44.5 Å². The molecular weight excluding hydrogens is 184 g/mol. The van der Waals surface area contributed by atoms with Crippen LogP contribution in [0.2, 0.25) is 0 Å². The van der Waals surface area contributed by atoms with Crippen molar-refractivity contribution in [3.05, 3.63) is 0 Å². The average Bonchev–Trinajstić information content (AvgIpc) is 2.91. The first-order valence-electron chi connectivity index (χ1n) is 4.99. The number of hydrogen-bond acceptors (Lipinski definition) is 4. The Balaban J connectivity index is 1.98. The normalized spacial score (nSPS) is 42.6. The predicted octanol–water partition coefficient (Wildman–Crippen LogP) is 0.886. The third kappa shape index (κ3) is 1.42. The molecule has 2 aliphatic heterocycles. The summed E-state index contributed by atoms with van der Waals surface area (Å²) in [5, 5.41) is 0. The second kappa shape index (κ2) is 2.94. The maximum absolute atomic E-state index is 11.2. The molecule has 80 valence electrons. The molecule has 0 aromatic heterocycles. The van der Waals surface area contributed by atoms with E-state index in [1.54, 1.807) is 6.92 Å². The zero-order chi connectivity index (χ0) is 10.4. The van der Waals surface area contributed by atoms with Gasteiger partial charge < -0.3 is 14.2 Å². The zero-order valence-corrected chi connectivity index (χ0v) is 8.83. The van der Waals surface area contributed by atoms with E-state index >= 15 is 0 Å². The summed E-state index contributed by atoms with van der Waals surface area (Å²) in [6.07, 6.45) is 0.833. The van der Waals surface area contributed by atoms with Crippen LogP contribution in [-0.4, -0.2) is 36.5 Å². The van der Waals surface area contributed by atoms with E-state index in [1.165, 1.54) is 0 Å². The van der Waals surface area contributed by atoms with E-state index in [4.69, 9.17) is 14.2 Å². The first kappa shape index (κ1) is 9.93. The molecule has 3 unspecified atom stereocenters. The SMILES string of the molecule is CCC(OC1(C)COC1=O)C1(C)CO1. The van der Waals surface area contributed by atoms with Gasteiger partial charge in [0.2, 0.25) is 0 Å². The molecule has 2 fully saturated rings. The molecule has 0 amide bonds. The Morgan fingerprint density at radius 2 is 2.14 bits per heavy atom. The van der Waals surface area contributed by atoms with Crippen LogP contribution in [0.1, 0.15) is 27.2 Å². The molecule has 4 nitrogen and oxygen atoms in total. The summed E-state index contributed by atoms with van der Waals surface area (Å²) in [5.74, 6) is -0.264. The highest BCUT2D eigenvalue weighted by atomic mass is 16.7. The fraction of sp³-hybridized carbons (Fsp3) is 0.900. The Labute approximate surface area is 83.5 Å². The first-order chi connectivity index (χ1) is 6.50. The van der Waals surface area contributed by atoms with Crippen molar-refractivity contribution >= 4 is 5.97 Å². The molecule has 2 heterocycles. The minimum atomic E-state index is -0.740. The van der Waals surface area contributed by atoms with Gasteiger partial charge in [0, 0.05) is 0 Å². The Hall–Kier alpha value is -0.610. The van der Waals surface area contributed by atoms with Crippen molar-refractivity contribution in [2.24, 2.45) is 0 Å². The monoisotopic (exact) mass is 200 g/mol. The Kier molecular flexibility index (Phi) is 2.08. The van der Waals surface area contributed by atoms with E-state index in [-0.39, 0.29) is 17.7 Å². The van der Waals surface area contributed by atoms with Gasteiger partial charge in [-0.3, -0.25) is 0 Å². The molecule has 2 aliphatic rings. The fourth-order valence-corrected chi connectivity index (χ4v) is 1.67. The number of epoxide rings is 1. The molecule has 0 aromatic rings. The molecule has 3 atom stereocenters. The molecule has 0 spiro atoms. The molecule has 0 aromatic carbocycles. The molecule has 0 saturated carbocycles. The van der Waals surface area contributed by atoms with Gasteiger partial charge in [-0.05, 0) is 20.3 Å². The van der Waals surface area contributed by atoms with Crippen molar-refractivity contribution < 1.29 is 19.0 Å². The summed E-state index contributed by atoms with van der Waals surface area (Å²) < 4.78 is 15.8. The smallest absolute Gasteiger partial charge is 0.341 e. The number of cyclic esters (lactones) is 1. The van der Waals surface area contributed by atoms with Crippen LogP contribution in [0.4, 0.5) is 0 Å². The Bertz CT molecular complexity index is 259. The summed E-state index contributed by atoms with van der Waals surface area (Å²) >= 11 is 0. The lowest BCUT2D eigenvalue weighted by Crippen LogP contribution is -2.57. The van der Waals surface area contributed by atoms with E-state index in [9.17, 15) is 4.79 Å². The number of hydrogen-bond donors (Lipinski definition) is 0. The van der Waals surface area contributed by atoms with Crippen LogP contribution in [0.25, 0.3) is 0 Å². The Morgan fingerprint density at radius 1 is 1.50 bits per heavy atom. The van der Waals surface area contributed by atoms with Crippen LogP contribution in [0, 0.1) is 0 Å².